The zero-order valence-corrected chi connectivity index (χ0v) is 29.3. The summed E-state index contributed by atoms with van der Waals surface area (Å²) in [6.07, 6.45) is -3.55. The maximum atomic E-state index is 13.6. The second kappa shape index (κ2) is 22.5. The molecule has 54 heavy (non-hydrogen) atoms. The number of carboxylic acid groups (broad SMARTS) is 1. The summed E-state index contributed by atoms with van der Waals surface area (Å²) in [7, 11) is 0. The van der Waals surface area contributed by atoms with Crippen molar-refractivity contribution in [3.05, 3.63) is 71.3 Å². The minimum atomic E-state index is -5.08. The number of aliphatic hydroxyl groups excluding tert-OH is 1. The molecule has 19 heteroatoms. The summed E-state index contributed by atoms with van der Waals surface area (Å²) < 4.78 is 31.7. The number of fused-ring (bicyclic) bond motifs is 18. The number of primary amides is 1. The molecule has 2 aromatic rings. The van der Waals surface area contributed by atoms with Gasteiger partial charge in [-0.25, -0.2) is 4.79 Å². The van der Waals surface area contributed by atoms with Gasteiger partial charge in [-0.15, -0.1) is 0 Å². The molecule has 0 fully saturated rings. The van der Waals surface area contributed by atoms with Crippen LogP contribution in [0, 0.1) is 0 Å². The van der Waals surface area contributed by atoms with Gasteiger partial charge in [0.15, 0.2) is 0 Å². The minimum absolute atomic E-state index is 0.0163. The molecule has 0 unspecified atom stereocenters. The van der Waals surface area contributed by atoms with Crippen LogP contribution in [0.2, 0.25) is 0 Å². The van der Waals surface area contributed by atoms with Crippen LogP contribution in [0.25, 0.3) is 0 Å². The van der Waals surface area contributed by atoms with Crippen molar-refractivity contribution in [1.29, 1.82) is 0 Å². The summed E-state index contributed by atoms with van der Waals surface area (Å²) in [5.74, 6) is -6.73. The maximum absolute atomic E-state index is 13.6. The lowest BCUT2D eigenvalue weighted by molar-refractivity contribution is -0.192. The lowest BCUT2D eigenvalue weighted by atomic mass is 10.0. The number of hydrogen-bond donors (Lipinski definition) is 9. The number of hydrogen-bond acceptors (Lipinski definition) is 9. The number of rotatable bonds is 10. The maximum Gasteiger partial charge on any atom is 0.490 e. The van der Waals surface area contributed by atoms with E-state index in [0.29, 0.717) is 31.4 Å². The third-order valence-corrected chi connectivity index (χ3v) is 7.99. The van der Waals surface area contributed by atoms with E-state index in [1.165, 1.54) is 0 Å². The first-order chi connectivity index (χ1) is 25.5. The molecule has 6 amide bonds. The van der Waals surface area contributed by atoms with Crippen molar-refractivity contribution in [3.8, 4) is 0 Å². The molecule has 4 atom stereocenters. The monoisotopic (exact) mass is 765 g/mol. The van der Waals surface area contributed by atoms with Gasteiger partial charge in [-0.1, -0.05) is 54.6 Å². The number of halogens is 3. The van der Waals surface area contributed by atoms with Gasteiger partial charge in [0.2, 0.25) is 35.4 Å². The van der Waals surface area contributed by atoms with Crippen LogP contribution in [0.4, 0.5) is 13.2 Å². The molecule has 2 aliphatic rings. The van der Waals surface area contributed by atoms with E-state index in [9.17, 15) is 47.0 Å². The van der Waals surface area contributed by atoms with E-state index < -0.39 is 78.4 Å². The first-order valence-electron chi connectivity index (χ1n) is 17.0. The number of aliphatic hydroxyl groups is 1. The summed E-state index contributed by atoms with van der Waals surface area (Å²) in [6.45, 7) is -0.133. The summed E-state index contributed by atoms with van der Waals surface area (Å²) >= 11 is 0. The molecule has 2 bridgehead atoms. The Morgan fingerprint density at radius 2 is 1.28 bits per heavy atom. The average Bonchev–Trinajstić information content (AvgIpc) is 3.11. The number of carbonyl (C=O) groups excluding carboxylic acids is 6. The summed E-state index contributed by atoms with van der Waals surface area (Å²) in [6, 6.07) is 11.4. The van der Waals surface area contributed by atoms with Crippen LogP contribution in [-0.2, 0) is 52.8 Å². The van der Waals surface area contributed by atoms with Crippen LogP contribution in [-0.4, -0.2) is 102 Å². The van der Waals surface area contributed by atoms with Gasteiger partial charge >= 0.3 is 12.1 Å². The van der Waals surface area contributed by atoms with Crippen molar-refractivity contribution >= 4 is 41.4 Å². The Kier molecular flexibility index (Phi) is 18.6. The summed E-state index contributed by atoms with van der Waals surface area (Å²) in [5.41, 5.74) is 13.3. The molecule has 11 N–H and O–H groups in total. The average molecular weight is 766 g/mol. The second-order valence-corrected chi connectivity index (χ2v) is 12.3. The SMILES string of the molecule is NCCCC[C@@H]1NC(=O)[C@H](CO)NC(=O)[C@H](CCC(N)=O)NC(=O)[C@H](Cc2ccccc2)NC(=O)Cc2ccc(cc2)CCNC1=O.O=C(O)C(F)(F)F. The highest BCUT2D eigenvalue weighted by atomic mass is 19.4. The van der Waals surface area contributed by atoms with Crippen LogP contribution in [0.1, 0.15) is 48.8 Å². The molecule has 2 aliphatic heterocycles. The van der Waals surface area contributed by atoms with E-state index in [1.807, 2.05) is 18.2 Å². The van der Waals surface area contributed by atoms with Crippen LogP contribution < -0.4 is 38.1 Å². The topological polar surface area (TPSA) is 272 Å². The van der Waals surface area contributed by atoms with Crippen LogP contribution >= 0.6 is 0 Å². The Bertz CT molecular complexity index is 1580. The lowest BCUT2D eigenvalue weighted by Gasteiger charge is -2.26. The van der Waals surface area contributed by atoms with Gasteiger partial charge in [0.1, 0.15) is 24.2 Å². The molecule has 0 saturated heterocycles. The highest BCUT2D eigenvalue weighted by molar-refractivity contribution is 5.96. The van der Waals surface area contributed by atoms with Gasteiger partial charge < -0.3 is 48.3 Å². The van der Waals surface area contributed by atoms with E-state index in [1.54, 1.807) is 36.4 Å². The van der Waals surface area contributed by atoms with Gasteiger partial charge in [0.25, 0.3) is 0 Å². The molecule has 0 spiro atoms. The van der Waals surface area contributed by atoms with Gasteiger partial charge in [-0.2, -0.15) is 13.2 Å². The first kappa shape index (κ1) is 44.6. The number of nitrogens with two attached hydrogens (primary N) is 2. The van der Waals surface area contributed by atoms with Crippen LogP contribution in [0.5, 0.6) is 0 Å². The number of amides is 6. The number of carbonyl (C=O) groups is 7. The molecule has 0 aliphatic carbocycles. The molecule has 0 aromatic heterocycles. The number of carboxylic acids is 1. The van der Waals surface area contributed by atoms with Crippen molar-refractivity contribution in [2.24, 2.45) is 11.5 Å². The third-order valence-electron chi connectivity index (χ3n) is 7.99. The predicted molar refractivity (Wildman–Crippen MR) is 187 cm³/mol. The fourth-order valence-electron chi connectivity index (χ4n) is 5.09. The van der Waals surface area contributed by atoms with Gasteiger partial charge in [0, 0.05) is 19.4 Å². The number of alkyl halides is 3. The Morgan fingerprint density at radius 1 is 0.741 bits per heavy atom. The largest absolute Gasteiger partial charge is 0.490 e. The van der Waals surface area contributed by atoms with E-state index >= 15 is 0 Å². The molecule has 0 saturated carbocycles. The number of aliphatic carboxylic acids is 1. The Balaban J connectivity index is 0.00000131. The normalized spacial score (nSPS) is 20.4. The molecule has 16 nitrogen and oxygen atoms in total. The smallest absolute Gasteiger partial charge is 0.475 e. The summed E-state index contributed by atoms with van der Waals surface area (Å²) in [5, 5.41) is 30.3. The molecule has 2 aromatic carbocycles. The van der Waals surface area contributed by atoms with Crippen molar-refractivity contribution in [3.63, 3.8) is 0 Å². The fourth-order valence-corrected chi connectivity index (χ4v) is 5.09. The van der Waals surface area contributed by atoms with Gasteiger partial charge in [-0.05, 0) is 55.3 Å². The van der Waals surface area contributed by atoms with E-state index in [2.05, 4.69) is 26.6 Å². The Hall–Kier alpha value is -5.56. The van der Waals surface area contributed by atoms with Gasteiger partial charge in [-0.3, -0.25) is 28.8 Å². The number of benzene rings is 2. The van der Waals surface area contributed by atoms with Crippen molar-refractivity contribution < 1.29 is 56.9 Å². The molecular weight excluding hydrogens is 719 g/mol. The molecule has 0 radical (unpaired) electrons. The molecular formula is C35H46F3N7O9. The van der Waals surface area contributed by atoms with E-state index in [-0.39, 0.29) is 38.6 Å². The zero-order chi connectivity index (χ0) is 40.3. The predicted octanol–water partition coefficient (Wildman–Crippen LogP) is -0.897. The third kappa shape index (κ3) is 16.4. The Labute approximate surface area is 309 Å². The lowest BCUT2D eigenvalue weighted by Crippen LogP contribution is -2.59. The molecule has 296 valence electrons. The molecule has 2 heterocycles. The number of nitrogens with one attached hydrogen (secondary N) is 5. The standard InChI is InChI=1S/C33H45N7O7.C2HF3O2/c34-16-5-4-8-24-30(44)36-17-15-21-9-11-23(12-10-21)19-29(43)37-26(18-22-6-2-1-3-7-22)32(46)39-25(13-14-28(35)42)31(45)40-27(20-41)33(47)38-24;3-2(4,5)1(6)7/h1-3,6-7,9-12,24-27,41H,4-5,8,13-20,34H2,(H2,35,42)(H,36,44)(H,37,43)(H,38,47)(H,39,46)(H,40,45);(H,6,7)/t24-,25-,26-,27-;/m0./s1. The van der Waals surface area contributed by atoms with Gasteiger partial charge in [0.05, 0.1) is 13.0 Å². The first-order valence-corrected chi connectivity index (χ1v) is 17.0. The van der Waals surface area contributed by atoms with Crippen LogP contribution in [0.15, 0.2) is 54.6 Å². The van der Waals surface area contributed by atoms with E-state index in [0.717, 1.165) is 11.1 Å². The van der Waals surface area contributed by atoms with Crippen LogP contribution in [0.3, 0.4) is 0 Å². The van der Waals surface area contributed by atoms with Crippen molar-refractivity contribution in [2.45, 2.75) is 81.7 Å². The number of unbranched alkanes of at least 4 members (excludes halogenated alkanes) is 1. The van der Waals surface area contributed by atoms with Crippen molar-refractivity contribution in [2.75, 3.05) is 19.7 Å². The highest BCUT2D eigenvalue weighted by Crippen LogP contribution is 2.13. The summed E-state index contributed by atoms with van der Waals surface area (Å²) in [4.78, 5) is 86.9. The fraction of sp³-hybridized carbons (Fsp3) is 0.457. The zero-order valence-electron chi connectivity index (χ0n) is 29.3. The second-order valence-electron chi connectivity index (χ2n) is 12.3. The quantitative estimate of drug-likeness (QED) is 0.106. The Morgan fingerprint density at radius 3 is 1.83 bits per heavy atom. The minimum Gasteiger partial charge on any atom is -0.475 e. The van der Waals surface area contributed by atoms with Crippen molar-refractivity contribution in [1.82, 2.24) is 26.6 Å². The molecule has 4 rings (SSSR count). The highest BCUT2D eigenvalue weighted by Gasteiger charge is 2.38. The van der Waals surface area contributed by atoms with E-state index in [4.69, 9.17) is 21.4 Å².